The first-order valence-electron chi connectivity index (χ1n) is 7.50. The normalized spacial score (nSPS) is 17.2. The molecule has 116 valence electrons. The lowest BCUT2D eigenvalue weighted by atomic mass is 9.84. The zero-order valence-corrected chi connectivity index (χ0v) is 13.4. The van der Waals surface area contributed by atoms with E-state index in [-0.39, 0.29) is 0 Å². The third-order valence-corrected chi connectivity index (χ3v) is 4.65. The highest BCUT2D eigenvalue weighted by Gasteiger charge is 2.30. The number of ether oxygens (including phenoxy) is 1. The number of methoxy groups -OCH3 is 1. The molecule has 1 aliphatic rings. The Morgan fingerprint density at radius 3 is 2.41 bits per heavy atom. The van der Waals surface area contributed by atoms with Crippen molar-refractivity contribution in [2.75, 3.05) is 20.2 Å². The van der Waals surface area contributed by atoms with Crippen LogP contribution in [-0.2, 0) is 5.60 Å². The molecule has 3 nitrogen and oxygen atoms in total. The Kier molecular flexibility index (Phi) is 4.39. The van der Waals surface area contributed by atoms with Crippen molar-refractivity contribution in [2.24, 2.45) is 0 Å². The first kappa shape index (κ1) is 15.3. The highest BCUT2D eigenvalue weighted by Crippen LogP contribution is 2.38. The van der Waals surface area contributed by atoms with Crippen LogP contribution in [0.3, 0.4) is 0 Å². The number of hydrogen-bond acceptors (Lipinski definition) is 3. The molecule has 0 bridgehead atoms. The first-order chi connectivity index (χ1) is 10.6. The Balaban J connectivity index is 1.95. The van der Waals surface area contributed by atoms with Gasteiger partial charge in [0.2, 0.25) is 0 Å². The maximum absolute atomic E-state index is 10.8. The van der Waals surface area contributed by atoms with Crippen molar-refractivity contribution in [3.8, 4) is 16.9 Å². The lowest BCUT2D eigenvalue weighted by molar-refractivity contribution is 0.00595. The molecule has 0 atom stereocenters. The molecule has 1 fully saturated rings. The standard InChI is InChI=1S/C18H20ClNO2/c1-22-16-4-2-3-15(19)17(16)13-5-7-14(8-6-13)18(21)9-11-20-12-10-18/h2-8,20-21H,9-12H2,1H3. The average molecular weight is 318 g/mol. The van der Waals surface area contributed by atoms with Crippen molar-refractivity contribution in [1.29, 1.82) is 0 Å². The molecule has 4 heteroatoms. The van der Waals surface area contributed by atoms with Gasteiger partial charge in [-0.1, -0.05) is 41.9 Å². The van der Waals surface area contributed by atoms with E-state index in [1.807, 2.05) is 42.5 Å². The average Bonchev–Trinajstić information content (AvgIpc) is 2.55. The molecule has 3 rings (SSSR count). The van der Waals surface area contributed by atoms with Gasteiger partial charge < -0.3 is 15.2 Å². The number of piperidine rings is 1. The topological polar surface area (TPSA) is 41.5 Å². The second-order valence-electron chi connectivity index (χ2n) is 5.68. The van der Waals surface area contributed by atoms with Crippen LogP contribution in [0.25, 0.3) is 11.1 Å². The number of hydrogen-bond donors (Lipinski definition) is 2. The summed E-state index contributed by atoms with van der Waals surface area (Å²) in [6.45, 7) is 1.69. The van der Waals surface area contributed by atoms with Crippen molar-refractivity contribution in [3.05, 3.63) is 53.1 Å². The van der Waals surface area contributed by atoms with Crippen LogP contribution in [0.2, 0.25) is 5.02 Å². The van der Waals surface area contributed by atoms with Crippen LogP contribution in [0.4, 0.5) is 0 Å². The summed E-state index contributed by atoms with van der Waals surface area (Å²) in [5.74, 6) is 0.751. The molecule has 0 amide bonds. The Hall–Kier alpha value is -1.55. The highest BCUT2D eigenvalue weighted by molar-refractivity contribution is 6.33. The summed E-state index contributed by atoms with van der Waals surface area (Å²) in [6, 6.07) is 13.6. The number of nitrogens with one attached hydrogen (secondary N) is 1. The summed E-state index contributed by atoms with van der Waals surface area (Å²) in [5, 5.41) is 14.7. The quantitative estimate of drug-likeness (QED) is 0.909. The van der Waals surface area contributed by atoms with Gasteiger partial charge in [0.25, 0.3) is 0 Å². The van der Waals surface area contributed by atoms with E-state index in [9.17, 15) is 5.11 Å². The van der Waals surface area contributed by atoms with Crippen LogP contribution >= 0.6 is 11.6 Å². The second kappa shape index (κ2) is 6.29. The van der Waals surface area contributed by atoms with Crippen LogP contribution in [0, 0.1) is 0 Å². The Morgan fingerprint density at radius 2 is 1.77 bits per heavy atom. The Labute approximate surface area is 135 Å². The number of rotatable bonds is 3. The number of benzene rings is 2. The summed E-state index contributed by atoms with van der Waals surface area (Å²) in [5.41, 5.74) is 2.11. The molecule has 2 aromatic carbocycles. The second-order valence-corrected chi connectivity index (χ2v) is 6.08. The molecule has 0 aromatic heterocycles. The summed E-state index contributed by atoms with van der Waals surface area (Å²) in [6.07, 6.45) is 1.48. The van der Waals surface area contributed by atoms with Gasteiger partial charge in [-0.15, -0.1) is 0 Å². The predicted octanol–water partition coefficient (Wildman–Crippen LogP) is 3.59. The molecule has 0 spiro atoms. The predicted molar refractivity (Wildman–Crippen MR) is 89.4 cm³/mol. The van der Waals surface area contributed by atoms with Gasteiger partial charge in [-0.25, -0.2) is 0 Å². The van der Waals surface area contributed by atoms with Gasteiger partial charge >= 0.3 is 0 Å². The lowest BCUT2D eigenvalue weighted by Crippen LogP contribution is -2.39. The highest BCUT2D eigenvalue weighted by atomic mass is 35.5. The van der Waals surface area contributed by atoms with E-state index in [1.54, 1.807) is 7.11 Å². The van der Waals surface area contributed by atoms with Crippen molar-refractivity contribution in [2.45, 2.75) is 18.4 Å². The monoisotopic (exact) mass is 317 g/mol. The van der Waals surface area contributed by atoms with E-state index in [2.05, 4.69) is 5.32 Å². The summed E-state index contributed by atoms with van der Waals surface area (Å²) in [4.78, 5) is 0. The molecule has 0 unspecified atom stereocenters. The third-order valence-electron chi connectivity index (χ3n) is 4.34. The fraction of sp³-hybridized carbons (Fsp3) is 0.333. The van der Waals surface area contributed by atoms with Gasteiger partial charge in [-0.05, 0) is 49.2 Å². The number of aliphatic hydroxyl groups is 1. The largest absolute Gasteiger partial charge is 0.496 e. The minimum absolute atomic E-state index is 0.660. The van der Waals surface area contributed by atoms with Gasteiger partial charge in [0.1, 0.15) is 5.75 Å². The molecule has 0 radical (unpaired) electrons. The zero-order valence-electron chi connectivity index (χ0n) is 12.6. The van der Waals surface area contributed by atoms with Crippen molar-refractivity contribution in [3.63, 3.8) is 0 Å². The molecule has 1 heterocycles. The van der Waals surface area contributed by atoms with Gasteiger partial charge in [-0.2, -0.15) is 0 Å². The van der Waals surface area contributed by atoms with Crippen molar-refractivity contribution < 1.29 is 9.84 Å². The van der Waals surface area contributed by atoms with E-state index < -0.39 is 5.60 Å². The smallest absolute Gasteiger partial charge is 0.128 e. The summed E-state index contributed by atoms with van der Waals surface area (Å²) >= 11 is 6.32. The zero-order chi connectivity index (χ0) is 15.6. The van der Waals surface area contributed by atoms with Gasteiger partial charge in [0.05, 0.1) is 17.7 Å². The Bertz CT molecular complexity index is 649. The maximum atomic E-state index is 10.8. The van der Waals surface area contributed by atoms with E-state index in [0.29, 0.717) is 5.02 Å². The van der Waals surface area contributed by atoms with Gasteiger partial charge in [-0.3, -0.25) is 0 Å². The van der Waals surface area contributed by atoms with Crippen LogP contribution in [0.15, 0.2) is 42.5 Å². The van der Waals surface area contributed by atoms with E-state index in [0.717, 1.165) is 48.4 Å². The molecule has 0 aliphatic carbocycles. The Morgan fingerprint density at radius 1 is 1.09 bits per heavy atom. The molecule has 2 N–H and O–H groups in total. The van der Waals surface area contributed by atoms with Crippen molar-refractivity contribution >= 4 is 11.6 Å². The van der Waals surface area contributed by atoms with Gasteiger partial charge in [0.15, 0.2) is 0 Å². The molecule has 1 aliphatic heterocycles. The van der Waals surface area contributed by atoms with E-state index in [4.69, 9.17) is 16.3 Å². The first-order valence-corrected chi connectivity index (χ1v) is 7.88. The fourth-order valence-corrected chi connectivity index (χ4v) is 3.31. The molecule has 0 saturated carbocycles. The number of halogens is 1. The van der Waals surface area contributed by atoms with Crippen LogP contribution < -0.4 is 10.1 Å². The molecule has 2 aromatic rings. The summed E-state index contributed by atoms with van der Waals surface area (Å²) < 4.78 is 5.40. The maximum Gasteiger partial charge on any atom is 0.128 e. The lowest BCUT2D eigenvalue weighted by Gasteiger charge is -2.33. The molecular weight excluding hydrogens is 298 g/mol. The van der Waals surface area contributed by atoms with Gasteiger partial charge in [0, 0.05) is 5.56 Å². The van der Waals surface area contributed by atoms with E-state index >= 15 is 0 Å². The SMILES string of the molecule is COc1cccc(Cl)c1-c1ccc(C2(O)CCNCC2)cc1. The van der Waals surface area contributed by atoms with Crippen molar-refractivity contribution in [1.82, 2.24) is 5.32 Å². The van der Waals surface area contributed by atoms with Crippen LogP contribution in [-0.4, -0.2) is 25.3 Å². The molecular formula is C18H20ClNO2. The fourth-order valence-electron chi connectivity index (χ4n) is 3.03. The van der Waals surface area contributed by atoms with Crippen LogP contribution in [0.1, 0.15) is 18.4 Å². The summed E-state index contributed by atoms with van der Waals surface area (Å²) in [7, 11) is 1.64. The van der Waals surface area contributed by atoms with Crippen LogP contribution in [0.5, 0.6) is 5.75 Å². The minimum atomic E-state index is -0.728. The molecule has 22 heavy (non-hydrogen) atoms. The molecule has 1 saturated heterocycles. The third kappa shape index (κ3) is 2.84. The van der Waals surface area contributed by atoms with E-state index in [1.165, 1.54) is 0 Å². The minimum Gasteiger partial charge on any atom is -0.496 e.